The predicted molar refractivity (Wildman–Crippen MR) is 198 cm³/mol. The van der Waals surface area contributed by atoms with Gasteiger partial charge in [0.15, 0.2) is 11.3 Å². The van der Waals surface area contributed by atoms with Gasteiger partial charge in [-0.05, 0) is 97.7 Å². The summed E-state index contributed by atoms with van der Waals surface area (Å²) in [6.07, 6.45) is 23.1. The Bertz CT molecular complexity index is 1710. The monoisotopic (exact) mass is 628 g/mol. The molecule has 246 valence electrons. The maximum atomic E-state index is 2.67. The van der Waals surface area contributed by atoms with E-state index in [1.165, 1.54) is 83.0 Å². The zero-order valence-electron chi connectivity index (χ0n) is 29.5. The van der Waals surface area contributed by atoms with Gasteiger partial charge >= 0.3 is 0 Å². The van der Waals surface area contributed by atoms with Crippen molar-refractivity contribution in [1.29, 1.82) is 0 Å². The van der Waals surface area contributed by atoms with E-state index in [9.17, 15) is 0 Å². The largest absolute Gasteiger partial charge is 0.378 e. The molecule has 6 aliphatic rings. The van der Waals surface area contributed by atoms with Gasteiger partial charge in [0.2, 0.25) is 0 Å². The minimum absolute atomic E-state index is 0.179. The van der Waals surface area contributed by atoms with Crippen LogP contribution in [0.5, 0.6) is 0 Å². The second-order valence-corrected chi connectivity index (χ2v) is 15.0. The van der Waals surface area contributed by atoms with Gasteiger partial charge in [-0.15, -0.1) is 0 Å². The first kappa shape index (κ1) is 30.3. The summed E-state index contributed by atoms with van der Waals surface area (Å²) in [6, 6.07) is 16.0. The summed E-state index contributed by atoms with van der Waals surface area (Å²) < 4.78 is 0. The fourth-order valence-corrected chi connectivity index (χ4v) is 10.3. The molecule has 0 amide bonds. The Morgan fingerprint density at radius 2 is 1.17 bits per heavy atom. The number of allylic oxidation sites excluding steroid dienone is 8. The Morgan fingerprint density at radius 3 is 1.79 bits per heavy atom. The van der Waals surface area contributed by atoms with Crippen molar-refractivity contribution < 1.29 is 0 Å². The van der Waals surface area contributed by atoms with Gasteiger partial charge in [-0.25, -0.2) is 0 Å². The van der Waals surface area contributed by atoms with Crippen LogP contribution in [0.4, 0.5) is 22.7 Å². The molecule has 2 heterocycles. The van der Waals surface area contributed by atoms with E-state index in [2.05, 4.69) is 158 Å². The van der Waals surface area contributed by atoms with Gasteiger partial charge in [0.05, 0.1) is 22.7 Å². The molecule has 2 aromatic rings. The van der Waals surface area contributed by atoms with Gasteiger partial charge in [-0.3, -0.25) is 0 Å². The molecule has 1 fully saturated rings. The molecule has 8 rings (SSSR count). The highest BCUT2D eigenvalue weighted by molar-refractivity contribution is 5.87. The fraction of sp³-hybridized carbons (Fsp3) is 0.463. The van der Waals surface area contributed by atoms with Crippen molar-refractivity contribution in [2.75, 3.05) is 68.9 Å². The molecule has 3 atom stereocenters. The van der Waals surface area contributed by atoms with Gasteiger partial charge in [-0.2, -0.15) is 0 Å². The first-order valence-electron chi connectivity index (χ1n) is 17.8. The lowest BCUT2D eigenvalue weighted by atomic mass is 9.75. The molecule has 2 aromatic carbocycles. The van der Waals surface area contributed by atoms with E-state index < -0.39 is 0 Å². The number of nitrogens with zero attached hydrogens (tertiary/aromatic N) is 6. The molecule has 6 nitrogen and oxygen atoms in total. The van der Waals surface area contributed by atoms with Crippen molar-refractivity contribution in [3.63, 3.8) is 0 Å². The van der Waals surface area contributed by atoms with Crippen LogP contribution in [0.1, 0.15) is 50.5 Å². The summed E-state index contributed by atoms with van der Waals surface area (Å²) in [6.45, 7) is 0.863. The summed E-state index contributed by atoms with van der Waals surface area (Å²) in [4.78, 5) is 15.2. The molecular formula is C41H52N6. The third-order valence-electron chi connectivity index (χ3n) is 12.7. The second kappa shape index (κ2) is 11.0. The normalized spacial score (nSPS) is 27.0. The van der Waals surface area contributed by atoms with Crippen LogP contribution in [0.25, 0.3) is 0 Å². The molecule has 1 saturated carbocycles. The molecule has 2 aliphatic heterocycles. The summed E-state index contributed by atoms with van der Waals surface area (Å²) >= 11 is 0. The minimum atomic E-state index is -0.200. The highest BCUT2D eigenvalue weighted by Crippen LogP contribution is 2.61. The van der Waals surface area contributed by atoms with E-state index in [-0.39, 0.29) is 11.3 Å². The number of para-hydroxylation sites is 3. The Labute approximate surface area is 282 Å². The average Bonchev–Trinajstić information content (AvgIpc) is 3.32. The summed E-state index contributed by atoms with van der Waals surface area (Å²) in [5.41, 5.74) is 12.0. The summed E-state index contributed by atoms with van der Waals surface area (Å²) in [5, 5.41) is 0. The summed E-state index contributed by atoms with van der Waals surface area (Å²) in [5.74, 6) is 1.03. The van der Waals surface area contributed by atoms with E-state index >= 15 is 0 Å². The van der Waals surface area contributed by atoms with E-state index in [1.807, 2.05) is 0 Å². The highest BCUT2D eigenvalue weighted by atomic mass is 15.6. The van der Waals surface area contributed by atoms with Gasteiger partial charge in [0, 0.05) is 79.1 Å². The number of hydrogen-bond acceptors (Lipinski definition) is 6. The Morgan fingerprint density at radius 1 is 0.638 bits per heavy atom. The predicted octanol–water partition coefficient (Wildman–Crippen LogP) is 7.74. The van der Waals surface area contributed by atoms with Crippen LogP contribution in [-0.4, -0.2) is 70.5 Å². The number of fused-ring (bicyclic) bond motifs is 5. The lowest BCUT2D eigenvalue weighted by Crippen LogP contribution is -2.79. The van der Waals surface area contributed by atoms with Crippen molar-refractivity contribution in [1.82, 2.24) is 9.80 Å². The van der Waals surface area contributed by atoms with E-state index in [4.69, 9.17) is 0 Å². The summed E-state index contributed by atoms with van der Waals surface area (Å²) in [7, 11) is 16.0. The lowest BCUT2D eigenvalue weighted by Gasteiger charge is -2.62. The first-order chi connectivity index (χ1) is 22.7. The molecular weight excluding hydrogens is 576 g/mol. The fourth-order valence-electron chi connectivity index (χ4n) is 10.3. The zero-order valence-corrected chi connectivity index (χ0v) is 29.5. The van der Waals surface area contributed by atoms with Crippen molar-refractivity contribution in [3.8, 4) is 0 Å². The van der Waals surface area contributed by atoms with Crippen LogP contribution in [0.3, 0.4) is 0 Å². The SMILES string of the molecule is CN(C)C1=CC2=C3C=C(N(C)Cc4cccc5c4N(C)C4(CCCCC46N(C)c4ccccc4N6C)N5C)C=CC3CCCC2C=C1. The van der Waals surface area contributed by atoms with Crippen LogP contribution < -0.4 is 19.6 Å². The molecule has 0 N–H and O–H groups in total. The van der Waals surface area contributed by atoms with Gasteiger partial charge in [-0.1, -0.05) is 42.8 Å². The number of benzene rings is 2. The minimum Gasteiger partial charge on any atom is -0.378 e. The highest BCUT2D eigenvalue weighted by Gasteiger charge is 2.67. The maximum Gasteiger partial charge on any atom is 0.155 e. The Kier molecular flexibility index (Phi) is 7.09. The van der Waals surface area contributed by atoms with E-state index in [0.717, 1.165) is 19.4 Å². The van der Waals surface area contributed by atoms with Crippen LogP contribution in [0.15, 0.2) is 101 Å². The standard InChI is InChI=1S/C41H52N6/c1-42(2)32-22-20-29-14-12-15-30-21-23-33(27-35(30)34(29)26-32)43(3)28-31-16-13-19-38-39(31)47(7)41(46(38)6)25-11-10-24-40(41)44(4)36-17-8-9-18-37(36)45(40)5/h8-9,13,16-23,26-27,29-30H,10-12,14-15,24-25,28H2,1-7H3. The molecule has 47 heavy (non-hydrogen) atoms. The number of rotatable bonds is 4. The molecule has 0 radical (unpaired) electrons. The topological polar surface area (TPSA) is 19.4 Å². The van der Waals surface area contributed by atoms with Crippen molar-refractivity contribution in [2.24, 2.45) is 11.8 Å². The van der Waals surface area contributed by atoms with Gasteiger partial charge in [0.1, 0.15) is 0 Å². The average molecular weight is 629 g/mol. The molecule has 4 aliphatic carbocycles. The van der Waals surface area contributed by atoms with Crippen molar-refractivity contribution in [2.45, 2.75) is 62.8 Å². The molecule has 6 heteroatoms. The number of hydrogen-bond donors (Lipinski definition) is 0. The van der Waals surface area contributed by atoms with Crippen molar-refractivity contribution >= 4 is 22.7 Å². The maximum absolute atomic E-state index is 2.67. The number of anilines is 4. The van der Waals surface area contributed by atoms with Crippen molar-refractivity contribution in [3.05, 3.63) is 107 Å². The van der Waals surface area contributed by atoms with Gasteiger partial charge in [0.25, 0.3) is 0 Å². The van der Waals surface area contributed by atoms with Gasteiger partial charge < -0.3 is 29.4 Å². The zero-order chi connectivity index (χ0) is 32.7. The first-order valence-corrected chi connectivity index (χ1v) is 17.8. The Balaban J connectivity index is 1.15. The lowest BCUT2D eigenvalue weighted by molar-refractivity contribution is 0.148. The number of likely N-dealkylation sites (N-methyl/N-ethyl adjacent to an activating group) is 6. The third-order valence-corrected chi connectivity index (χ3v) is 12.7. The van der Waals surface area contributed by atoms with E-state index in [1.54, 1.807) is 0 Å². The quantitative estimate of drug-likeness (QED) is 0.343. The molecule has 0 saturated heterocycles. The smallest absolute Gasteiger partial charge is 0.155 e. The van der Waals surface area contributed by atoms with Crippen LogP contribution in [0, 0.1) is 11.8 Å². The van der Waals surface area contributed by atoms with Crippen LogP contribution in [0.2, 0.25) is 0 Å². The molecule has 0 bridgehead atoms. The van der Waals surface area contributed by atoms with Crippen LogP contribution in [-0.2, 0) is 6.54 Å². The third kappa shape index (κ3) is 4.15. The van der Waals surface area contributed by atoms with Crippen LogP contribution >= 0.6 is 0 Å². The molecule has 2 spiro atoms. The second-order valence-electron chi connectivity index (χ2n) is 15.0. The van der Waals surface area contributed by atoms with E-state index in [0.29, 0.717) is 11.8 Å². The Hall–Kier alpha value is -4.06. The molecule has 3 unspecified atom stereocenters. The molecule has 0 aromatic heterocycles.